The molecule has 0 aromatic carbocycles. The maximum absolute atomic E-state index is 3.54. The number of hydrogen-bond donors (Lipinski definition) is 1. The normalized spacial score (nSPS) is 13.9. The molecule has 0 saturated heterocycles. The van der Waals surface area contributed by atoms with Gasteiger partial charge in [-0.05, 0) is 61.7 Å². The van der Waals surface area contributed by atoms with Crippen molar-refractivity contribution in [2.24, 2.45) is 11.8 Å². The molecule has 1 N–H and O–H groups in total. The van der Waals surface area contributed by atoms with Gasteiger partial charge in [0.25, 0.3) is 0 Å². The fraction of sp³-hybridized carbons (Fsp3) is 0.778. The second-order valence-corrected chi connectivity index (χ2v) is 8.71. The number of hydrogen-bond acceptors (Lipinski definition) is 2. The standard InChI is InChI=1S/C18H33NS/c1-14(2)13-19-12-11-15(3)7-8-16-9-10-17(20-16)18(4,5)6/h9-10,14-15,19H,7-8,11-13H2,1-6H3. The topological polar surface area (TPSA) is 12.0 Å². The molecule has 0 amide bonds. The summed E-state index contributed by atoms with van der Waals surface area (Å²) in [5.41, 5.74) is 0.301. The maximum Gasteiger partial charge on any atom is 0.0102 e. The second-order valence-electron chi connectivity index (χ2n) is 7.55. The summed E-state index contributed by atoms with van der Waals surface area (Å²) in [7, 11) is 0. The van der Waals surface area contributed by atoms with E-state index in [-0.39, 0.29) is 0 Å². The van der Waals surface area contributed by atoms with Crippen LogP contribution in [-0.4, -0.2) is 13.1 Å². The highest BCUT2D eigenvalue weighted by molar-refractivity contribution is 7.12. The Morgan fingerprint density at radius 1 is 1.10 bits per heavy atom. The van der Waals surface area contributed by atoms with Crippen LogP contribution in [0, 0.1) is 11.8 Å². The van der Waals surface area contributed by atoms with Gasteiger partial charge in [-0.1, -0.05) is 41.5 Å². The van der Waals surface area contributed by atoms with Gasteiger partial charge in [-0.15, -0.1) is 11.3 Å². The summed E-state index contributed by atoms with van der Waals surface area (Å²) < 4.78 is 0. The molecule has 0 aliphatic carbocycles. The van der Waals surface area contributed by atoms with E-state index in [0.29, 0.717) is 5.41 Å². The first-order valence-corrected chi connectivity index (χ1v) is 8.90. The van der Waals surface area contributed by atoms with Gasteiger partial charge in [0.2, 0.25) is 0 Å². The number of rotatable bonds is 8. The molecule has 0 saturated carbocycles. The average molecular weight is 296 g/mol. The monoisotopic (exact) mass is 295 g/mol. The van der Waals surface area contributed by atoms with Crippen molar-refractivity contribution in [1.29, 1.82) is 0 Å². The van der Waals surface area contributed by atoms with Crippen molar-refractivity contribution in [3.05, 3.63) is 21.9 Å². The van der Waals surface area contributed by atoms with Gasteiger partial charge < -0.3 is 5.32 Å². The van der Waals surface area contributed by atoms with E-state index in [2.05, 4.69) is 59.0 Å². The Hall–Kier alpha value is -0.340. The first-order chi connectivity index (χ1) is 9.29. The van der Waals surface area contributed by atoms with Gasteiger partial charge in [-0.25, -0.2) is 0 Å². The molecule has 1 aromatic heterocycles. The third-order valence-corrected chi connectivity index (χ3v) is 5.22. The third kappa shape index (κ3) is 6.90. The van der Waals surface area contributed by atoms with E-state index >= 15 is 0 Å². The SMILES string of the molecule is CC(C)CNCCC(C)CCc1ccc(C(C)(C)C)s1. The molecule has 20 heavy (non-hydrogen) atoms. The van der Waals surface area contributed by atoms with Gasteiger partial charge in [0, 0.05) is 9.75 Å². The van der Waals surface area contributed by atoms with E-state index < -0.39 is 0 Å². The Labute approximate surface area is 130 Å². The molecule has 2 heteroatoms. The minimum atomic E-state index is 0.301. The zero-order valence-corrected chi connectivity index (χ0v) is 15.1. The van der Waals surface area contributed by atoms with E-state index in [1.165, 1.54) is 24.1 Å². The fourth-order valence-electron chi connectivity index (χ4n) is 2.19. The molecule has 0 spiro atoms. The Kier molecular flexibility index (Phi) is 7.25. The van der Waals surface area contributed by atoms with Crippen LogP contribution in [0.1, 0.15) is 64.1 Å². The zero-order chi connectivity index (χ0) is 15.2. The average Bonchev–Trinajstić information content (AvgIpc) is 2.80. The molecule has 0 radical (unpaired) electrons. The van der Waals surface area contributed by atoms with Crippen molar-refractivity contribution in [3.8, 4) is 0 Å². The Bertz CT molecular complexity index is 373. The molecular formula is C18H33NS. The highest BCUT2D eigenvalue weighted by Gasteiger charge is 2.16. The molecule has 1 heterocycles. The number of thiophene rings is 1. The lowest BCUT2D eigenvalue weighted by Gasteiger charge is -2.15. The van der Waals surface area contributed by atoms with Gasteiger partial charge in [0.15, 0.2) is 0 Å². The van der Waals surface area contributed by atoms with E-state index in [1.807, 2.05) is 11.3 Å². The largest absolute Gasteiger partial charge is 0.316 e. The molecule has 0 bridgehead atoms. The van der Waals surface area contributed by atoms with Gasteiger partial charge >= 0.3 is 0 Å². The van der Waals surface area contributed by atoms with Crippen molar-refractivity contribution in [2.75, 3.05) is 13.1 Å². The van der Waals surface area contributed by atoms with E-state index in [0.717, 1.165) is 24.9 Å². The van der Waals surface area contributed by atoms with Gasteiger partial charge in [-0.2, -0.15) is 0 Å². The van der Waals surface area contributed by atoms with Crippen LogP contribution in [0.5, 0.6) is 0 Å². The highest BCUT2D eigenvalue weighted by atomic mass is 32.1. The lowest BCUT2D eigenvalue weighted by molar-refractivity contribution is 0.455. The zero-order valence-electron chi connectivity index (χ0n) is 14.3. The van der Waals surface area contributed by atoms with Crippen LogP contribution in [0.15, 0.2) is 12.1 Å². The van der Waals surface area contributed by atoms with Crippen molar-refractivity contribution < 1.29 is 0 Å². The minimum absolute atomic E-state index is 0.301. The predicted octanol–water partition coefficient (Wildman–Crippen LogP) is 5.25. The third-order valence-electron chi connectivity index (χ3n) is 3.65. The molecule has 1 aromatic rings. The van der Waals surface area contributed by atoms with Crippen LogP contribution in [-0.2, 0) is 11.8 Å². The smallest absolute Gasteiger partial charge is 0.0102 e. The summed E-state index contributed by atoms with van der Waals surface area (Å²) in [5, 5.41) is 3.54. The van der Waals surface area contributed by atoms with Crippen molar-refractivity contribution >= 4 is 11.3 Å². The van der Waals surface area contributed by atoms with Gasteiger partial charge in [0.05, 0.1) is 0 Å². The van der Waals surface area contributed by atoms with E-state index in [1.54, 1.807) is 4.88 Å². The molecule has 1 unspecified atom stereocenters. The fourth-order valence-corrected chi connectivity index (χ4v) is 3.27. The second kappa shape index (κ2) is 8.19. The Morgan fingerprint density at radius 3 is 2.35 bits per heavy atom. The minimum Gasteiger partial charge on any atom is -0.316 e. The summed E-state index contributed by atoms with van der Waals surface area (Å²) in [6.07, 6.45) is 3.85. The molecular weight excluding hydrogens is 262 g/mol. The van der Waals surface area contributed by atoms with Crippen LogP contribution in [0.4, 0.5) is 0 Å². The summed E-state index contributed by atoms with van der Waals surface area (Å²) in [6, 6.07) is 4.64. The Morgan fingerprint density at radius 2 is 1.80 bits per heavy atom. The van der Waals surface area contributed by atoms with E-state index in [9.17, 15) is 0 Å². The molecule has 1 atom stereocenters. The lowest BCUT2D eigenvalue weighted by Crippen LogP contribution is -2.22. The lowest BCUT2D eigenvalue weighted by atomic mass is 9.95. The number of aryl methyl sites for hydroxylation is 1. The Balaban J connectivity index is 2.24. The summed E-state index contributed by atoms with van der Waals surface area (Å²) in [5.74, 6) is 1.57. The van der Waals surface area contributed by atoms with Crippen molar-refractivity contribution in [3.63, 3.8) is 0 Å². The highest BCUT2D eigenvalue weighted by Crippen LogP contribution is 2.30. The first-order valence-electron chi connectivity index (χ1n) is 8.09. The quantitative estimate of drug-likeness (QED) is 0.646. The molecule has 0 aliphatic heterocycles. The first kappa shape index (κ1) is 17.7. The molecule has 116 valence electrons. The van der Waals surface area contributed by atoms with E-state index in [4.69, 9.17) is 0 Å². The van der Waals surface area contributed by atoms with Crippen LogP contribution < -0.4 is 5.32 Å². The molecule has 0 fully saturated rings. The summed E-state index contributed by atoms with van der Waals surface area (Å²) in [4.78, 5) is 3.07. The summed E-state index contributed by atoms with van der Waals surface area (Å²) in [6.45, 7) is 16.1. The molecule has 1 rings (SSSR count). The van der Waals surface area contributed by atoms with Crippen LogP contribution in [0.2, 0.25) is 0 Å². The number of nitrogens with one attached hydrogen (secondary N) is 1. The van der Waals surface area contributed by atoms with Crippen LogP contribution in [0.25, 0.3) is 0 Å². The summed E-state index contributed by atoms with van der Waals surface area (Å²) >= 11 is 2.00. The van der Waals surface area contributed by atoms with Gasteiger partial charge in [-0.3, -0.25) is 0 Å². The predicted molar refractivity (Wildman–Crippen MR) is 92.8 cm³/mol. The van der Waals surface area contributed by atoms with Crippen LogP contribution >= 0.6 is 11.3 Å². The van der Waals surface area contributed by atoms with Gasteiger partial charge in [0.1, 0.15) is 0 Å². The molecule has 1 nitrogen and oxygen atoms in total. The van der Waals surface area contributed by atoms with Crippen molar-refractivity contribution in [1.82, 2.24) is 5.32 Å². The van der Waals surface area contributed by atoms with Crippen LogP contribution in [0.3, 0.4) is 0 Å². The molecule has 0 aliphatic rings. The van der Waals surface area contributed by atoms with Crippen molar-refractivity contribution in [2.45, 2.75) is 66.2 Å². The maximum atomic E-state index is 3.54.